The van der Waals surface area contributed by atoms with E-state index in [-0.39, 0.29) is 11.4 Å². The summed E-state index contributed by atoms with van der Waals surface area (Å²) in [6.45, 7) is 0. The van der Waals surface area contributed by atoms with Crippen LogP contribution in [0.1, 0.15) is 17.2 Å². The van der Waals surface area contributed by atoms with Gasteiger partial charge in [-0.15, -0.1) is 0 Å². The van der Waals surface area contributed by atoms with E-state index in [1.54, 1.807) is 30.6 Å². The number of hydrogen-bond donors (Lipinski definition) is 1. The third-order valence-electron chi connectivity index (χ3n) is 3.33. The fourth-order valence-corrected chi connectivity index (χ4v) is 2.51. The van der Waals surface area contributed by atoms with E-state index in [1.165, 1.54) is 6.07 Å². The van der Waals surface area contributed by atoms with Crippen molar-refractivity contribution in [2.45, 2.75) is 12.5 Å². The van der Waals surface area contributed by atoms with Crippen molar-refractivity contribution < 1.29 is 9.50 Å². The predicted octanol–water partition coefficient (Wildman–Crippen LogP) is 3.70. The number of rotatable bonds is 3. The van der Waals surface area contributed by atoms with Crippen LogP contribution >= 0.6 is 11.6 Å². The molecule has 106 valence electrons. The van der Waals surface area contributed by atoms with Crippen molar-refractivity contribution in [1.82, 2.24) is 9.97 Å². The first-order chi connectivity index (χ1) is 10.2. The molecule has 0 radical (unpaired) electrons. The van der Waals surface area contributed by atoms with E-state index < -0.39 is 11.9 Å². The topological polar surface area (TPSA) is 46.0 Å². The van der Waals surface area contributed by atoms with Gasteiger partial charge in [0.1, 0.15) is 5.82 Å². The quantitative estimate of drug-likeness (QED) is 0.802. The van der Waals surface area contributed by atoms with Crippen LogP contribution in [0.25, 0.3) is 11.0 Å². The highest BCUT2D eigenvalue weighted by Crippen LogP contribution is 2.28. The molecule has 0 aliphatic rings. The molecule has 0 bridgehead atoms. The van der Waals surface area contributed by atoms with Gasteiger partial charge in [-0.05, 0) is 17.7 Å². The molecule has 21 heavy (non-hydrogen) atoms. The number of aliphatic hydroxyl groups excluding tert-OH is 1. The van der Waals surface area contributed by atoms with Crippen LogP contribution in [0.15, 0.2) is 48.8 Å². The zero-order chi connectivity index (χ0) is 14.8. The summed E-state index contributed by atoms with van der Waals surface area (Å²) in [4.78, 5) is 8.46. The number of fused-ring (bicyclic) bond motifs is 1. The Morgan fingerprint density at radius 3 is 2.71 bits per heavy atom. The van der Waals surface area contributed by atoms with Gasteiger partial charge in [0.05, 0.1) is 22.2 Å². The molecule has 2 aromatic carbocycles. The number of aliphatic hydroxyl groups is 1. The Labute approximate surface area is 126 Å². The van der Waals surface area contributed by atoms with Crippen molar-refractivity contribution in [3.05, 3.63) is 70.8 Å². The Morgan fingerprint density at radius 2 is 1.86 bits per heavy atom. The summed E-state index contributed by atoms with van der Waals surface area (Å²) in [5.41, 5.74) is 2.56. The van der Waals surface area contributed by atoms with E-state index in [2.05, 4.69) is 9.97 Å². The highest BCUT2D eigenvalue weighted by molar-refractivity contribution is 6.31. The third kappa shape index (κ3) is 2.73. The molecule has 0 amide bonds. The van der Waals surface area contributed by atoms with Gasteiger partial charge in [-0.2, -0.15) is 0 Å². The van der Waals surface area contributed by atoms with Crippen LogP contribution in [0.5, 0.6) is 0 Å². The van der Waals surface area contributed by atoms with Crippen LogP contribution < -0.4 is 0 Å². The van der Waals surface area contributed by atoms with Crippen LogP contribution in [-0.2, 0) is 6.42 Å². The first kappa shape index (κ1) is 13.9. The zero-order valence-corrected chi connectivity index (χ0v) is 11.8. The van der Waals surface area contributed by atoms with Crippen molar-refractivity contribution in [3.63, 3.8) is 0 Å². The van der Waals surface area contributed by atoms with Crippen LogP contribution in [0, 0.1) is 5.82 Å². The van der Waals surface area contributed by atoms with Gasteiger partial charge in [-0.1, -0.05) is 35.9 Å². The van der Waals surface area contributed by atoms with Crippen LogP contribution in [0.2, 0.25) is 5.02 Å². The molecular weight excluding hydrogens is 291 g/mol. The molecule has 1 atom stereocenters. The Morgan fingerprint density at radius 1 is 1.10 bits per heavy atom. The molecule has 3 nitrogen and oxygen atoms in total. The molecule has 1 aromatic heterocycles. The second-order valence-corrected chi connectivity index (χ2v) is 5.08. The summed E-state index contributed by atoms with van der Waals surface area (Å²) in [6, 6.07) is 9.99. The highest BCUT2D eigenvalue weighted by atomic mass is 35.5. The second kappa shape index (κ2) is 5.76. The van der Waals surface area contributed by atoms with E-state index in [9.17, 15) is 9.50 Å². The Kier molecular flexibility index (Phi) is 3.82. The summed E-state index contributed by atoms with van der Waals surface area (Å²) in [5.74, 6) is -0.487. The van der Waals surface area contributed by atoms with E-state index >= 15 is 0 Å². The smallest absolute Gasteiger partial charge is 0.142 e. The fraction of sp³-hybridized carbons (Fsp3) is 0.125. The predicted molar refractivity (Wildman–Crippen MR) is 79.6 cm³/mol. The first-order valence-electron chi connectivity index (χ1n) is 6.47. The van der Waals surface area contributed by atoms with E-state index in [0.717, 1.165) is 0 Å². The van der Waals surface area contributed by atoms with E-state index in [1.807, 2.05) is 12.1 Å². The van der Waals surface area contributed by atoms with E-state index in [0.29, 0.717) is 22.2 Å². The lowest BCUT2D eigenvalue weighted by atomic mass is 10.00. The van der Waals surface area contributed by atoms with Crippen molar-refractivity contribution >= 4 is 22.6 Å². The van der Waals surface area contributed by atoms with Gasteiger partial charge in [-0.25, -0.2) is 4.39 Å². The summed E-state index contributed by atoms with van der Waals surface area (Å²) in [6.07, 6.45) is 2.56. The van der Waals surface area contributed by atoms with Gasteiger partial charge >= 0.3 is 0 Å². The SMILES string of the molecule is OC(Cc1cccc(F)c1Cl)c1cccc2nccnc12. The van der Waals surface area contributed by atoms with Crippen LogP contribution in [0.3, 0.4) is 0 Å². The molecule has 0 fully saturated rings. The average molecular weight is 303 g/mol. The molecule has 0 aliphatic heterocycles. The van der Waals surface area contributed by atoms with Crippen molar-refractivity contribution in [1.29, 1.82) is 0 Å². The van der Waals surface area contributed by atoms with Crippen molar-refractivity contribution in [3.8, 4) is 0 Å². The number of benzene rings is 2. The molecule has 0 saturated heterocycles. The Balaban J connectivity index is 1.97. The van der Waals surface area contributed by atoms with Gasteiger partial charge in [0, 0.05) is 24.4 Å². The summed E-state index contributed by atoms with van der Waals surface area (Å²) in [7, 11) is 0. The minimum absolute atomic E-state index is 0.0443. The molecule has 0 spiro atoms. The van der Waals surface area contributed by atoms with Crippen molar-refractivity contribution in [2.75, 3.05) is 0 Å². The lowest BCUT2D eigenvalue weighted by molar-refractivity contribution is 0.179. The number of halogens is 2. The normalized spacial score (nSPS) is 12.5. The minimum atomic E-state index is -0.829. The molecule has 0 saturated carbocycles. The van der Waals surface area contributed by atoms with Gasteiger partial charge < -0.3 is 5.11 Å². The van der Waals surface area contributed by atoms with Gasteiger partial charge in [0.25, 0.3) is 0 Å². The molecule has 5 heteroatoms. The van der Waals surface area contributed by atoms with Gasteiger partial charge in [0.15, 0.2) is 0 Å². The van der Waals surface area contributed by atoms with Crippen molar-refractivity contribution in [2.24, 2.45) is 0 Å². The minimum Gasteiger partial charge on any atom is -0.388 e. The Hall–Kier alpha value is -2.04. The lowest BCUT2D eigenvalue weighted by Gasteiger charge is -2.14. The molecule has 1 N–H and O–H groups in total. The lowest BCUT2D eigenvalue weighted by Crippen LogP contribution is -2.04. The zero-order valence-electron chi connectivity index (χ0n) is 11.0. The maximum atomic E-state index is 13.4. The number of para-hydroxylation sites is 1. The van der Waals surface area contributed by atoms with Gasteiger partial charge in [0.2, 0.25) is 0 Å². The summed E-state index contributed by atoms with van der Waals surface area (Å²) in [5, 5.41) is 10.5. The second-order valence-electron chi connectivity index (χ2n) is 4.70. The summed E-state index contributed by atoms with van der Waals surface area (Å²) >= 11 is 5.93. The molecule has 1 unspecified atom stereocenters. The largest absolute Gasteiger partial charge is 0.388 e. The third-order valence-corrected chi connectivity index (χ3v) is 3.76. The van der Waals surface area contributed by atoms with Crippen LogP contribution in [-0.4, -0.2) is 15.1 Å². The van der Waals surface area contributed by atoms with Gasteiger partial charge in [-0.3, -0.25) is 9.97 Å². The highest BCUT2D eigenvalue weighted by Gasteiger charge is 2.16. The molecule has 3 aromatic rings. The molecule has 0 aliphatic carbocycles. The first-order valence-corrected chi connectivity index (χ1v) is 6.85. The maximum absolute atomic E-state index is 13.4. The fourth-order valence-electron chi connectivity index (χ4n) is 2.31. The Bertz CT molecular complexity index is 789. The monoisotopic (exact) mass is 302 g/mol. The number of nitrogens with zero attached hydrogens (tertiary/aromatic N) is 2. The average Bonchev–Trinajstić information content (AvgIpc) is 2.51. The standard InChI is InChI=1S/C16H12ClFN2O/c17-15-10(3-1-5-12(15)18)9-14(21)11-4-2-6-13-16(11)20-8-7-19-13/h1-8,14,21H,9H2. The molecule has 1 heterocycles. The maximum Gasteiger partial charge on any atom is 0.142 e. The molecular formula is C16H12ClFN2O. The van der Waals surface area contributed by atoms with Crippen LogP contribution in [0.4, 0.5) is 4.39 Å². The number of hydrogen-bond acceptors (Lipinski definition) is 3. The number of aromatic nitrogens is 2. The van der Waals surface area contributed by atoms with E-state index in [4.69, 9.17) is 11.6 Å². The molecule has 3 rings (SSSR count). The summed E-state index contributed by atoms with van der Waals surface area (Å²) < 4.78 is 13.4.